The Hall–Kier alpha value is -1.50. The SMILES string of the molecule is CC(C)CNC(=O)CNC(=O)c1c(F)cc(Br)cc1F. The Kier molecular flexibility index (Phi) is 6.06. The zero-order valence-electron chi connectivity index (χ0n) is 11.1. The molecular weight excluding hydrogens is 334 g/mol. The number of hydrogen-bond donors (Lipinski definition) is 2. The molecule has 110 valence electrons. The highest BCUT2D eigenvalue weighted by molar-refractivity contribution is 9.10. The summed E-state index contributed by atoms with van der Waals surface area (Å²) in [5.74, 6) is -3.08. The second kappa shape index (κ2) is 7.33. The van der Waals surface area contributed by atoms with E-state index in [9.17, 15) is 18.4 Å². The molecule has 0 heterocycles. The van der Waals surface area contributed by atoms with Gasteiger partial charge in [-0.1, -0.05) is 29.8 Å². The van der Waals surface area contributed by atoms with E-state index in [1.54, 1.807) is 0 Å². The average molecular weight is 349 g/mol. The fraction of sp³-hybridized carbons (Fsp3) is 0.385. The van der Waals surface area contributed by atoms with Gasteiger partial charge in [0.2, 0.25) is 5.91 Å². The Balaban J connectivity index is 2.62. The standard InChI is InChI=1S/C13H15BrF2N2O2/c1-7(2)5-17-11(19)6-18-13(20)12-9(15)3-8(14)4-10(12)16/h3-4,7H,5-6H2,1-2H3,(H,17,19)(H,18,20). The van der Waals surface area contributed by atoms with E-state index in [4.69, 9.17) is 0 Å². The second-order valence-electron chi connectivity index (χ2n) is 4.63. The molecule has 0 unspecified atom stereocenters. The van der Waals surface area contributed by atoms with Crippen LogP contribution in [0.15, 0.2) is 16.6 Å². The summed E-state index contributed by atoms with van der Waals surface area (Å²) in [6, 6.07) is 1.97. The molecule has 1 aromatic rings. The van der Waals surface area contributed by atoms with Gasteiger partial charge in [0, 0.05) is 11.0 Å². The van der Waals surface area contributed by atoms with Crippen molar-refractivity contribution in [2.24, 2.45) is 5.92 Å². The molecule has 0 saturated heterocycles. The molecule has 0 fully saturated rings. The molecule has 0 atom stereocenters. The molecule has 0 aliphatic rings. The zero-order chi connectivity index (χ0) is 15.3. The van der Waals surface area contributed by atoms with Crippen LogP contribution < -0.4 is 10.6 Å². The summed E-state index contributed by atoms with van der Waals surface area (Å²) in [5, 5.41) is 4.76. The van der Waals surface area contributed by atoms with Gasteiger partial charge in [-0.3, -0.25) is 9.59 Å². The van der Waals surface area contributed by atoms with Crippen molar-refractivity contribution in [3.05, 3.63) is 33.8 Å². The lowest BCUT2D eigenvalue weighted by atomic mass is 10.2. The third kappa shape index (κ3) is 4.88. The van der Waals surface area contributed by atoms with Crippen molar-refractivity contribution < 1.29 is 18.4 Å². The molecule has 2 amide bonds. The summed E-state index contributed by atoms with van der Waals surface area (Å²) < 4.78 is 27.2. The first-order valence-corrected chi connectivity index (χ1v) is 6.80. The summed E-state index contributed by atoms with van der Waals surface area (Å²) in [5.41, 5.74) is -0.704. The minimum absolute atomic E-state index is 0.193. The molecular formula is C13H15BrF2N2O2. The number of carbonyl (C=O) groups is 2. The number of halogens is 3. The number of benzene rings is 1. The van der Waals surface area contributed by atoms with Gasteiger partial charge >= 0.3 is 0 Å². The van der Waals surface area contributed by atoms with E-state index < -0.39 is 29.0 Å². The predicted octanol–water partition coefficient (Wildman–Crippen LogP) is 2.23. The first-order valence-electron chi connectivity index (χ1n) is 6.00. The minimum atomic E-state index is -0.989. The third-order valence-electron chi connectivity index (χ3n) is 2.35. The lowest BCUT2D eigenvalue weighted by Crippen LogP contribution is -2.38. The topological polar surface area (TPSA) is 58.2 Å². The van der Waals surface area contributed by atoms with Gasteiger partial charge in [0.25, 0.3) is 5.91 Å². The van der Waals surface area contributed by atoms with Crippen LogP contribution in [-0.2, 0) is 4.79 Å². The van der Waals surface area contributed by atoms with E-state index in [0.717, 1.165) is 12.1 Å². The van der Waals surface area contributed by atoms with Gasteiger partial charge in [0.1, 0.15) is 17.2 Å². The molecule has 0 saturated carbocycles. The molecule has 0 radical (unpaired) electrons. The minimum Gasteiger partial charge on any atom is -0.354 e. The summed E-state index contributed by atoms with van der Waals surface area (Å²) in [7, 11) is 0. The quantitative estimate of drug-likeness (QED) is 0.857. The molecule has 0 spiro atoms. The normalized spacial score (nSPS) is 10.5. The van der Waals surface area contributed by atoms with Crippen LogP contribution >= 0.6 is 15.9 Å². The van der Waals surface area contributed by atoms with Crippen molar-refractivity contribution in [3.8, 4) is 0 Å². The summed E-state index contributed by atoms with van der Waals surface area (Å²) in [4.78, 5) is 23.0. The molecule has 0 bridgehead atoms. The molecule has 7 heteroatoms. The molecule has 20 heavy (non-hydrogen) atoms. The van der Waals surface area contributed by atoms with Crippen molar-refractivity contribution in [2.75, 3.05) is 13.1 Å². The van der Waals surface area contributed by atoms with Crippen LogP contribution in [-0.4, -0.2) is 24.9 Å². The van der Waals surface area contributed by atoms with Crippen molar-refractivity contribution in [1.29, 1.82) is 0 Å². The van der Waals surface area contributed by atoms with E-state index in [1.807, 2.05) is 13.8 Å². The maximum Gasteiger partial charge on any atom is 0.257 e. The number of rotatable bonds is 5. The van der Waals surface area contributed by atoms with Crippen molar-refractivity contribution in [1.82, 2.24) is 10.6 Å². The summed E-state index contributed by atoms with van der Waals surface area (Å²) in [6.45, 7) is 3.98. The van der Waals surface area contributed by atoms with Crippen molar-refractivity contribution >= 4 is 27.7 Å². The van der Waals surface area contributed by atoms with Crippen LogP contribution in [0, 0.1) is 17.6 Å². The van der Waals surface area contributed by atoms with Gasteiger partial charge in [0.15, 0.2) is 0 Å². The van der Waals surface area contributed by atoms with Crippen LogP contribution in [0.25, 0.3) is 0 Å². The highest BCUT2D eigenvalue weighted by atomic mass is 79.9. The van der Waals surface area contributed by atoms with E-state index in [1.165, 1.54) is 0 Å². The maximum absolute atomic E-state index is 13.5. The van der Waals surface area contributed by atoms with Crippen LogP contribution in [0.2, 0.25) is 0 Å². The van der Waals surface area contributed by atoms with Crippen molar-refractivity contribution in [2.45, 2.75) is 13.8 Å². The van der Waals surface area contributed by atoms with Gasteiger partial charge in [-0.15, -0.1) is 0 Å². The fourth-order valence-electron chi connectivity index (χ4n) is 1.39. The Bertz CT molecular complexity index is 498. The molecule has 0 aliphatic carbocycles. The first kappa shape index (κ1) is 16.6. The van der Waals surface area contributed by atoms with E-state index in [-0.39, 0.29) is 16.9 Å². The monoisotopic (exact) mass is 348 g/mol. The van der Waals surface area contributed by atoms with Crippen LogP contribution in [0.3, 0.4) is 0 Å². The zero-order valence-corrected chi connectivity index (χ0v) is 12.7. The number of carbonyl (C=O) groups excluding carboxylic acids is 2. The number of amides is 2. The van der Waals surface area contributed by atoms with E-state index >= 15 is 0 Å². The molecule has 2 N–H and O–H groups in total. The maximum atomic E-state index is 13.5. The predicted molar refractivity (Wildman–Crippen MR) is 74.2 cm³/mol. The van der Waals surface area contributed by atoms with E-state index in [0.29, 0.717) is 6.54 Å². The molecule has 0 aromatic heterocycles. The van der Waals surface area contributed by atoms with Gasteiger partial charge in [-0.25, -0.2) is 8.78 Å². The van der Waals surface area contributed by atoms with Gasteiger partial charge in [0.05, 0.1) is 6.54 Å². The van der Waals surface area contributed by atoms with Crippen LogP contribution in [0.1, 0.15) is 24.2 Å². The van der Waals surface area contributed by atoms with Crippen LogP contribution in [0.5, 0.6) is 0 Å². The third-order valence-corrected chi connectivity index (χ3v) is 2.81. The lowest BCUT2D eigenvalue weighted by molar-refractivity contribution is -0.120. The Labute approximate surface area is 124 Å². The number of nitrogens with one attached hydrogen (secondary N) is 2. The highest BCUT2D eigenvalue weighted by Gasteiger charge is 2.18. The highest BCUT2D eigenvalue weighted by Crippen LogP contribution is 2.19. The smallest absolute Gasteiger partial charge is 0.257 e. The summed E-state index contributed by atoms with van der Waals surface area (Å²) >= 11 is 2.92. The molecule has 0 aliphatic heterocycles. The Morgan fingerprint density at radius 1 is 1.20 bits per heavy atom. The fourth-order valence-corrected chi connectivity index (χ4v) is 1.79. The second-order valence-corrected chi connectivity index (χ2v) is 5.54. The molecule has 4 nitrogen and oxygen atoms in total. The largest absolute Gasteiger partial charge is 0.354 e. The van der Waals surface area contributed by atoms with Gasteiger partial charge < -0.3 is 10.6 Å². The lowest BCUT2D eigenvalue weighted by Gasteiger charge is -2.09. The van der Waals surface area contributed by atoms with Gasteiger partial charge in [-0.05, 0) is 18.1 Å². The Morgan fingerprint density at radius 2 is 1.75 bits per heavy atom. The Morgan fingerprint density at radius 3 is 2.25 bits per heavy atom. The first-order chi connectivity index (χ1) is 9.31. The number of hydrogen-bond acceptors (Lipinski definition) is 2. The average Bonchev–Trinajstić information content (AvgIpc) is 2.32. The molecule has 1 aromatic carbocycles. The van der Waals surface area contributed by atoms with Crippen LogP contribution in [0.4, 0.5) is 8.78 Å². The van der Waals surface area contributed by atoms with Crippen molar-refractivity contribution in [3.63, 3.8) is 0 Å². The van der Waals surface area contributed by atoms with E-state index in [2.05, 4.69) is 26.6 Å². The molecule has 1 rings (SSSR count). The van der Waals surface area contributed by atoms with Gasteiger partial charge in [-0.2, -0.15) is 0 Å². The summed E-state index contributed by atoms with van der Waals surface area (Å²) in [6.07, 6.45) is 0.